The molecule has 0 unspecified atom stereocenters. The van der Waals surface area contributed by atoms with Gasteiger partial charge in [-0.25, -0.2) is 9.97 Å². The third-order valence-corrected chi connectivity index (χ3v) is 3.23. The maximum Gasteiger partial charge on any atom is 0.133 e. The van der Waals surface area contributed by atoms with E-state index in [1.807, 2.05) is 12.1 Å². The molecule has 0 radical (unpaired) electrons. The third-order valence-electron chi connectivity index (χ3n) is 2.74. The minimum Gasteiger partial charge on any atom is -0.370 e. The van der Waals surface area contributed by atoms with E-state index in [2.05, 4.69) is 57.2 Å². The standard InChI is InChI=1S/C14H16BrN3/c1-3-12-13(10-6-5-7-11(15)8-10)17-9-18-14(12)16-4-2/h5-9H,3-4H2,1-2H3,(H,16,17,18). The van der Waals surface area contributed by atoms with Gasteiger partial charge in [-0.1, -0.05) is 35.0 Å². The molecule has 0 aliphatic carbocycles. The Morgan fingerprint density at radius 1 is 1.22 bits per heavy atom. The molecule has 0 saturated carbocycles. The Labute approximate surface area is 116 Å². The van der Waals surface area contributed by atoms with E-state index in [4.69, 9.17) is 0 Å². The average molecular weight is 306 g/mol. The van der Waals surface area contributed by atoms with E-state index in [1.165, 1.54) is 0 Å². The normalized spacial score (nSPS) is 10.4. The predicted octanol–water partition coefficient (Wildman–Crippen LogP) is 3.90. The van der Waals surface area contributed by atoms with Crippen LogP contribution in [0.2, 0.25) is 0 Å². The zero-order valence-electron chi connectivity index (χ0n) is 10.6. The molecular weight excluding hydrogens is 290 g/mol. The molecule has 4 heteroatoms. The lowest BCUT2D eigenvalue weighted by Crippen LogP contribution is -2.05. The summed E-state index contributed by atoms with van der Waals surface area (Å²) in [4.78, 5) is 8.75. The van der Waals surface area contributed by atoms with Crippen molar-refractivity contribution in [3.8, 4) is 11.3 Å². The Kier molecular flexibility index (Phi) is 4.31. The highest BCUT2D eigenvalue weighted by atomic mass is 79.9. The Hall–Kier alpha value is -1.42. The van der Waals surface area contributed by atoms with Gasteiger partial charge in [0, 0.05) is 22.1 Å². The second-order valence-corrected chi connectivity index (χ2v) is 4.86. The van der Waals surface area contributed by atoms with Gasteiger partial charge in [-0.2, -0.15) is 0 Å². The van der Waals surface area contributed by atoms with Crippen LogP contribution in [-0.4, -0.2) is 16.5 Å². The maximum atomic E-state index is 4.43. The first-order valence-electron chi connectivity index (χ1n) is 6.10. The minimum atomic E-state index is 0.863. The molecule has 94 valence electrons. The van der Waals surface area contributed by atoms with E-state index in [0.29, 0.717) is 0 Å². The van der Waals surface area contributed by atoms with Gasteiger partial charge in [-0.15, -0.1) is 0 Å². The summed E-state index contributed by atoms with van der Waals surface area (Å²) in [7, 11) is 0. The molecule has 1 heterocycles. The molecule has 0 atom stereocenters. The number of nitrogens with zero attached hydrogens (tertiary/aromatic N) is 2. The molecule has 0 aliphatic heterocycles. The van der Waals surface area contributed by atoms with Gasteiger partial charge in [0.05, 0.1) is 5.69 Å². The van der Waals surface area contributed by atoms with Crippen molar-refractivity contribution in [2.24, 2.45) is 0 Å². The van der Waals surface area contributed by atoms with Crippen molar-refractivity contribution >= 4 is 21.7 Å². The van der Waals surface area contributed by atoms with Crippen LogP contribution in [0.5, 0.6) is 0 Å². The summed E-state index contributed by atoms with van der Waals surface area (Å²) < 4.78 is 1.06. The summed E-state index contributed by atoms with van der Waals surface area (Å²) in [5.41, 5.74) is 3.28. The Bertz CT molecular complexity index is 540. The molecule has 1 N–H and O–H groups in total. The topological polar surface area (TPSA) is 37.8 Å². The second-order valence-electron chi connectivity index (χ2n) is 3.94. The number of hydrogen-bond acceptors (Lipinski definition) is 3. The fourth-order valence-corrected chi connectivity index (χ4v) is 2.35. The third kappa shape index (κ3) is 2.70. The number of benzene rings is 1. The van der Waals surface area contributed by atoms with Crippen molar-refractivity contribution in [3.63, 3.8) is 0 Å². The first kappa shape index (κ1) is 13.0. The molecule has 0 fully saturated rings. The summed E-state index contributed by atoms with van der Waals surface area (Å²) in [6.07, 6.45) is 2.53. The SMILES string of the molecule is CCNc1ncnc(-c2cccc(Br)c2)c1CC. The van der Waals surface area contributed by atoms with Crippen LogP contribution >= 0.6 is 15.9 Å². The molecular formula is C14H16BrN3. The summed E-state index contributed by atoms with van der Waals surface area (Å²) in [6.45, 7) is 5.06. The lowest BCUT2D eigenvalue weighted by Gasteiger charge is -2.12. The van der Waals surface area contributed by atoms with Gasteiger partial charge in [0.25, 0.3) is 0 Å². The number of hydrogen-bond donors (Lipinski definition) is 1. The van der Waals surface area contributed by atoms with Gasteiger partial charge < -0.3 is 5.32 Å². The van der Waals surface area contributed by atoms with Crippen LogP contribution in [0.4, 0.5) is 5.82 Å². The smallest absolute Gasteiger partial charge is 0.133 e. The van der Waals surface area contributed by atoms with E-state index in [9.17, 15) is 0 Å². The van der Waals surface area contributed by atoms with Crippen LogP contribution in [-0.2, 0) is 6.42 Å². The van der Waals surface area contributed by atoms with Gasteiger partial charge >= 0.3 is 0 Å². The zero-order valence-corrected chi connectivity index (χ0v) is 12.2. The second kappa shape index (κ2) is 5.96. The predicted molar refractivity (Wildman–Crippen MR) is 78.7 cm³/mol. The number of rotatable bonds is 4. The molecule has 1 aromatic heterocycles. The van der Waals surface area contributed by atoms with Gasteiger partial charge in [0.1, 0.15) is 12.1 Å². The van der Waals surface area contributed by atoms with E-state index < -0.39 is 0 Å². The van der Waals surface area contributed by atoms with E-state index in [0.717, 1.165) is 40.1 Å². The quantitative estimate of drug-likeness (QED) is 0.931. The van der Waals surface area contributed by atoms with Crippen LogP contribution in [0.25, 0.3) is 11.3 Å². The van der Waals surface area contributed by atoms with Crippen LogP contribution in [0, 0.1) is 0 Å². The monoisotopic (exact) mass is 305 g/mol. The van der Waals surface area contributed by atoms with E-state index in [-0.39, 0.29) is 0 Å². The highest BCUT2D eigenvalue weighted by molar-refractivity contribution is 9.10. The molecule has 0 aliphatic rings. The molecule has 0 bridgehead atoms. The molecule has 18 heavy (non-hydrogen) atoms. The summed E-state index contributed by atoms with van der Waals surface area (Å²) in [6, 6.07) is 8.19. The summed E-state index contributed by atoms with van der Waals surface area (Å²) >= 11 is 3.50. The fourth-order valence-electron chi connectivity index (χ4n) is 1.95. The minimum absolute atomic E-state index is 0.863. The Morgan fingerprint density at radius 3 is 2.72 bits per heavy atom. The molecule has 2 aromatic rings. The summed E-state index contributed by atoms with van der Waals surface area (Å²) in [5.74, 6) is 0.935. The van der Waals surface area contributed by atoms with Crippen LogP contribution in [0.3, 0.4) is 0 Å². The van der Waals surface area contributed by atoms with Crippen LogP contribution in [0.15, 0.2) is 35.1 Å². The van der Waals surface area contributed by atoms with Crippen LogP contribution in [0.1, 0.15) is 19.4 Å². The van der Waals surface area contributed by atoms with E-state index in [1.54, 1.807) is 6.33 Å². The Balaban J connectivity index is 2.53. The highest BCUT2D eigenvalue weighted by Crippen LogP contribution is 2.27. The van der Waals surface area contributed by atoms with Crippen molar-refractivity contribution in [1.29, 1.82) is 0 Å². The molecule has 0 spiro atoms. The first-order chi connectivity index (χ1) is 8.76. The average Bonchev–Trinajstić information content (AvgIpc) is 2.39. The number of halogens is 1. The van der Waals surface area contributed by atoms with Crippen molar-refractivity contribution in [2.75, 3.05) is 11.9 Å². The lowest BCUT2D eigenvalue weighted by atomic mass is 10.0. The lowest BCUT2D eigenvalue weighted by molar-refractivity contribution is 1.03. The zero-order chi connectivity index (χ0) is 13.0. The van der Waals surface area contributed by atoms with Crippen molar-refractivity contribution in [1.82, 2.24) is 9.97 Å². The Morgan fingerprint density at radius 2 is 2.06 bits per heavy atom. The largest absolute Gasteiger partial charge is 0.370 e. The number of anilines is 1. The molecule has 2 rings (SSSR count). The van der Waals surface area contributed by atoms with Crippen molar-refractivity contribution in [2.45, 2.75) is 20.3 Å². The highest BCUT2D eigenvalue weighted by Gasteiger charge is 2.11. The molecule has 3 nitrogen and oxygen atoms in total. The number of nitrogens with one attached hydrogen (secondary N) is 1. The van der Waals surface area contributed by atoms with Crippen molar-refractivity contribution < 1.29 is 0 Å². The molecule has 0 saturated heterocycles. The van der Waals surface area contributed by atoms with Crippen molar-refractivity contribution in [3.05, 3.63) is 40.6 Å². The maximum absolute atomic E-state index is 4.43. The van der Waals surface area contributed by atoms with Gasteiger partial charge in [-0.05, 0) is 25.5 Å². The fraction of sp³-hybridized carbons (Fsp3) is 0.286. The molecule has 0 amide bonds. The number of aromatic nitrogens is 2. The van der Waals surface area contributed by atoms with Gasteiger partial charge in [0.15, 0.2) is 0 Å². The van der Waals surface area contributed by atoms with Crippen LogP contribution < -0.4 is 5.32 Å². The summed E-state index contributed by atoms with van der Waals surface area (Å²) in [5, 5.41) is 3.29. The van der Waals surface area contributed by atoms with E-state index >= 15 is 0 Å². The first-order valence-corrected chi connectivity index (χ1v) is 6.89. The molecule has 1 aromatic carbocycles. The van der Waals surface area contributed by atoms with Gasteiger partial charge in [0.2, 0.25) is 0 Å². The van der Waals surface area contributed by atoms with Gasteiger partial charge in [-0.3, -0.25) is 0 Å².